The van der Waals surface area contributed by atoms with Gasteiger partial charge in [0.1, 0.15) is 5.60 Å². The van der Waals surface area contributed by atoms with Gasteiger partial charge in [0.15, 0.2) is 0 Å². The summed E-state index contributed by atoms with van der Waals surface area (Å²) in [6.07, 6.45) is 15.8. The smallest absolute Gasteiger partial charge is 0.344 e. The molecule has 0 radical (unpaired) electrons. The second-order valence-corrected chi connectivity index (χ2v) is 9.75. The number of hydrogen-bond donors (Lipinski definition) is 2. The molecule has 0 aromatic rings. The van der Waals surface area contributed by atoms with Crippen LogP contribution in [0.3, 0.4) is 0 Å². The maximum atomic E-state index is 11.1. The molecule has 4 aliphatic rings. The molecule has 3 fully saturated rings. The van der Waals surface area contributed by atoms with Gasteiger partial charge in [-0.1, -0.05) is 30.5 Å². The molecule has 0 unspecified atom stereocenters. The number of carbonyl (C=O) groups is 1. The highest BCUT2D eigenvalue weighted by atomic mass is 16.6. The molecule has 5 heteroatoms. The van der Waals surface area contributed by atoms with Gasteiger partial charge in [-0.2, -0.15) is 0 Å². The molecular formula is C23H31NO4. The van der Waals surface area contributed by atoms with Gasteiger partial charge in [-0.25, -0.2) is 4.79 Å². The van der Waals surface area contributed by atoms with Crippen molar-refractivity contribution in [1.82, 2.24) is 0 Å². The Morgan fingerprint density at radius 3 is 2.71 bits per heavy atom. The molecule has 0 bridgehead atoms. The monoisotopic (exact) mass is 385 g/mol. The number of allylic oxidation sites excluding steroid dienone is 2. The molecule has 6 atom stereocenters. The number of rotatable bonds is 3. The van der Waals surface area contributed by atoms with E-state index in [9.17, 15) is 9.90 Å². The zero-order valence-corrected chi connectivity index (χ0v) is 16.9. The van der Waals surface area contributed by atoms with Crippen LogP contribution >= 0.6 is 0 Å². The highest BCUT2D eigenvalue weighted by Crippen LogP contribution is 2.67. The van der Waals surface area contributed by atoms with Crippen LogP contribution in [0.15, 0.2) is 16.8 Å². The number of aliphatic hydroxyl groups is 1. The number of nitrogens with zero attached hydrogens (tertiary/aromatic N) is 1. The lowest BCUT2D eigenvalue weighted by Crippen LogP contribution is -2.54. The summed E-state index contributed by atoms with van der Waals surface area (Å²) in [5.74, 6) is 3.47. The molecule has 5 nitrogen and oxygen atoms in total. The minimum Gasteiger partial charge on any atom is -0.479 e. The molecular weight excluding hydrogens is 354 g/mol. The Bertz CT molecular complexity index is 780. The van der Waals surface area contributed by atoms with Gasteiger partial charge in [0.05, 0.1) is 5.71 Å². The SMILES string of the molecule is C#C[C@@]1(O)CC[C@@H]2[C@H]3CCC4=CC(=NOCC(=O)O)CC[C@]4(C)[C@H]3CC[C@@]21C. The van der Waals surface area contributed by atoms with E-state index in [-0.39, 0.29) is 10.8 Å². The molecule has 0 spiro atoms. The lowest BCUT2D eigenvalue weighted by atomic mass is 9.46. The average Bonchev–Trinajstić information content (AvgIpc) is 2.93. The molecule has 0 aromatic heterocycles. The number of carboxylic acid groups (broad SMARTS) is 1. The van der Waals surface area contributed by atoms with E-state index in [1.54, 1.807) is 0 Å². The first kappa shape index (κ1) is 19.5. The second-order valence-electron chi connectivity index (χ2n) is 9.75. The van der Waals surface area contributed by atoms with Crippen LogP contribution in [0.1, 0.15) is 65.2 Å². The van der Waals surface area contributed by atoms with Crippen LogP contribution in [0, 0.1) is 40.9 Å². The quantitative estimate of drug-likeness (QED) is 0.572. The Balaban J connectivity index is 1.57. The van der Waals surface area contributed by atoms with Crippen molar-refractivity contribution in [2.75, 3.05) is 6.61 Å². The normalized spacial score (nSPS) is 46.0. The predicted octanol–water partition coefficient (Wildman–Crippen LogP) is 3.77. The van der Waals surface area contributed by atoms with Gasteiger partial charge in [0, 0.05) is 5.41 Å². The molecule has 0 saturated heterocycles. The zero-order chi connectivity index (χ0) is 20.2. The van der Waals surface area contributed by atoms with E-state index < -0.39 is 18.2 Å². The first-order valence-electron chi connectivity index (χ1n) is 10.6. The van der Waals surface area contributed by atoms with Crippen LogP contribution < -0.4 is 0 Å². The summed E-state index contributed by atoms with van der Waals surface area (Å²) >= 11 is 0. The molecule has 28 heavy (non-hydrogen) atoms. The summed E-state index contributed by atoms with van der Waals surface area (Å²) in [5.41, 5.74) is 1.34. The second kappa shape index (κ2) is 6.62. The summed E-state index contributed by atoms with van der Waals surface area (Å²) in [6.45, 7) is 4.22. The van der Waals surface area contributed by atoms with E-state index in [4.69, 9.17) is 16.4 Å². The number of carboxylic acids is 1. The molecule has 2 N–H and O–H groups in total. The van der Waals surface area contributed by atoms with Crippen LogP contribution in [-0.4, -0.2) is 34.1 Å². The minimum atomic E-state index is -1.01. The van der Waals surface area contributed by atoms with Crippen molar-refractivity contribution in [2.24, 2.45) is 33.7 Å². The van der Waals surface area contributed by atoms with Crippen molar-refractivity contribution >= 4 is 11.7 Å². The first-order valence-corrected chi connectivity index (χ1v) is 10.6. The first-order chi connectivity index (χ1) is 13.2. The largest absolute Gasteiger partial charge is 0.479 e. The van der Waals surface area contributed by atoms with Gasteiger partial charge in [-0.15, -0.1) is 6.42 Å². The standard InChI is InChI=1S/C23H31NO4/c1-4-23(27)12-9-19-17-6-5-15-13-16(24-28-14-20(25)26)7-10-21(15,2)18(17)8-11-22(19,23)3/h1,13,17-19,27H,5-12,14H2,2-3H3,(H,25,26)/t17-,18-,19+,21-,22-,23+/m0/s1. The maximum absolute atomic E-state index is 11.1. The number of fused-ring (bicyclic) bond motifs is 5. The van der Waals surface area contributed by atoms with E-state index in [0.717, 1.165) is 57.1 Å². The van der Waals surface area contributed by atoms with Gasteiger partial charge in [0.25, 0.3) is 0 Å². The third-order valence-corrected chi connectivity index (χ3v) is 8.74. The number of terminal acetylenes is 1. The Morgan fingerprint density at radius 2 is 2.00 bits per heavy atom. The Kier molecular flexibility index (Phi) is 4.62. The molecule has 0 heterocycles. The highest BCUT2D eigenvalue weighted by molar-refractivity contribution is 5.96. The summed E-state index contributed by atoms with van der Waals surface area (Å²) in [7, 11) is 0. The Hall–Kier alpha value is -1.80. The number of hydrogen-bond acceptors (Lipinski definition) is 4. The van der Waals surface area contributed by atoms with Crippen LogP contribution in [-0.2, 0) is 9.63 Å². The average molecular weight is 386 g/mol. The van der Waals surface area contributed by atoms with Gasteiger partial charge >= 0.3 is 5.97 Å². The number of oxime groups is 1. The highest BCUT2D eigenvalue weighted by Gasteiger charge is 2.63. The summed E-state index contributed by atoms with van der Waals surface area (Å²) < 4.78 is 0. The van der Waals surface area contributed by atoms with Crippen LogP contribution in [0.5, 0.6) is 0 Å². The van der Waals surface area contributed by atoms with Crippen molar-refractivity contribution < 1.29 is 19.8 Å². The topological polar surface area (TPSA) is 79.1 Å². The van der Waals surface area contributed by atoms with E-state index in [0.29, 0.717) is 17.8 Å². The van der Waals surface area contributed by atoms with Gasteiger partial charge in [-0.05, 0) is 80.6 Å². The zero-order valence-electron chi connectivity index (χ0n) is 16.9. The molecule has 3 saturated carbocycles. The van der Waals surface area contributed by atoms with Crippen molar-refractivity contribution in [1.29, 1.82) is 0 Å². The minimum absolute atomic E-state index is 0.160. The summed E-state index contributed by atoms with van der Waals surface area (Å²) in [6, 6.07) is 0. The van der Waals surface area contributed by atoms with Crippen LogP contribution in [0.4, 0.5) is 0 Å². The van der Waals surface area contributed by atoms with E-state index >= 15 is 0 Å². The molecule has 152 valence electrons. The fraction of sp³-hybridized carbons (Fsp3) is 0.739. The number of aliphatic carboxylic acids is 1. The fourth-order valence-corrected chi connectivity index (χ4v) is 7.07. The molecule has 0 aromatic carbocycles. The van der Waals surface area contributed by atoms with Crippen molar-refractivity contribution in [3.63, 3.8) is 0 Å². The van der Waals surface area contributed by atoms with Crippen molar-refractivity contribution in [3.8, 4) is 12.3 Å². The van der Waals surface area contributed by atoms with Crippen LogP contribution in [0.2, 0.25) is 0 Å². The summed E-state index contributed by atoms with van der Waals surface area (Å²) in [5, 5.41) is 23.8. The maximum Gasteiger partial charge on any atom is 0.344 e. The van der Waals surface area contributed by atoms with Crippen LogP contribution in [0.25, 0.3) is 0 Å². The molecule has 4 rings (SSSR count). The lowest BCUT2D eigenvalue weighted by molar-refractivity contribution is -0.142. The van der Waals surface area contributed by atoms with Gasteiger partial charge < -0.3 is 15.1 Å². The lowest BCUT2D eigenvalue weighted by Gasteiger charge is -2.58. The predicted molar refractivity (Wildman–Crippen MR) is 107 cm³/mol. The van der Waals surface area contributed by atoms with E-state index in [1.165, 1.54) is 5.57 Å². The summed E-state index contributed by atoms with van der Waals surface area (Å²) in [4.78, 5) is 15.6. The molecule has 0 amide bonds. The van der Waals surface area contributed by atoms with Crippen molar-refractivity contribution in [2.45, 2.75) is 70.8 Å². The fourth-order valence-electron chi connectivity index (χ4n) is 7.07. The van der Waals surface area contributed by atoms with E-state index in [2.05, 4.69) is 31.0 Å². The molecule has 0 aliphatic heterocycles. The van der Waals surface area contributed by atoms with E-state index in [1.807, 2.05) is 0 Å². The third kappa shape index (κ3) is 2.72. The van der Waals surface area contributed by atoms with Crippen molar-refractivity contribution in [3.05, 3.63) is 11.6 Å². The Morgan fingerprint density at radius 1 is 1.25 bits per heavy atom. The molecule has 4 aliphatic carbocycles. The third-order valence-electron chi connectivity index (χ3n) is 8.74. The van der Waals surface area contributed by atoms with Gasteiger partial charge in [0.2, 0.25) is 6.61 Å². The van der Waals surface area contributed by atoms with Gasteiger partial charge in [-0.3, -0.25) is 0 Å². The Labute approximate surface area is 167 Å².